The van der Waals surface area contributed by atoms with E-state index >= 15 is 0 Å². The fourth-order valence-corrected chi connectivity index (χ4v) is 2.51. The molecule has 94 valence electrons. The van der Waals surface area contributed by atoms with Crippen molar-refractivity contribution in [2.75, 3.05) is 11.9 Å². The van der Waals surface area contributed by atoms with Gasteiger partial charge in [0.05, 0.1) is 23.5 Å². The van der Waals surface area contributed by atoms with Crippen LogP contribution in [0, 0.1) is 0 Å². The normalized spacial score (nSPS) is 24.1. The van der Waals surface area contributed by atoms with E-state index in [0.717, 1.165) is 30.7 Å². The first-order valence-electron chi connectivity index (χ1n) is 6.54. The number of hydrogen-bond acceptors (Lipinski definition) is 3. The van der Waals surface area contributed by atoms with Crippen LogP contribution < -0.4 is 5.32 Å². The summed E-state index contributed by atoms with van der Waals surface area (Å²) in [6.07, 6.45) is 4.40. The van der Waals surface area contributed by atoms with Gasteiger partial charge in [-0.25, -0.2) is 0 Å². The van der Waals surface area contributed by atoms with Gasteiger partial charge in [-0.3, -0.25) is 4.98 Å². The molecule has 2 atom stereocenters. The van der Waals surface area contributed by atoms with Gasteiger partial charge in [0.1, 0.15) is 0 Å². The Hall–Kier alpha value is -1.61. The SMILES string of the molecule is CC1CC(Nc2cnc3ccccc3c2)CCO1. The van der Waals surface area contributed by atoms with Gasteiger partial charge in [0.15, 0.2) is 0 Å². The minimum atomic E-state index is 0.352. The molecule has 1 aliphatic rings. The minimum Gasteiger partial charge on any atom is -0.381 e. The van der Waals surface area contributed by atoms with Crippen molar-refractivity contribution in [2.45, 2.75) is 31.9 Å². The van der Waals surface area contributed by atoms with Crippen LogP contribution in [-0.4, -0.2) is 23.7 Å². The molecule has 0 radical (unpaired) electrons. The third-order valence-electron chi connectivity index (χ3n) is 3.45. The van der Waals surface area contributed by atoms with Crippen LogP contribution in [-0.2, 0) is 4.74 Å². The second-order valence-electron chi connectivity index (χ2n) is 4.96. The molecule has 3 rings (SSSR count). The van der Waals surface area contributed by atoms with Crippen molar-refractivity contribution < 1.29 is 4.74 Å². The van der Waals surface area contributed by atoms with Crippen molar-refractivity contribution in [3.63, 3.8) is 0 Å². The molecule has 1 aromatic heterocycles. The van der Waals surface area contributed by atoms with Gasteiger partial charge in [-0.1, -0.05) is 18.2 Å². The quantitative estimate of drug-likeness (QED) is 0.878. The van der Waals surface area contributed by atoms with E-state index in [2.05, 4.69) is 29.4 Å². The Balaban J connectivity index is 1.78. The Labute approximate surface area is 107 Å². The molecule has 2 heterocycles. The molecular formula is C15H18N2O. The van der Waals surface area contributed by atoms with Crippen LogP contribution in [0.1, 0.15) is 19.8 Å². The van der Waals surface area contributed by atoms with Crippen LogP contribution in [0.5, 0.6) is 0 Å². The van der Waals surface area contributed by atoms with Crippen molar-refractivity contribution >= 4 is 16.6 Å². The molecule has 0 amide bonds. The zero-order chi connectivity index (χ0) is 12.4. The van der Waals surface area contributed by atoms with Gasteiger partial charge in [-0.2, -0.15) is 0 Å². The largest absolute Gasteiger partial charge is 0.381 e. The molecule has 2 unspecified atom stereocenters. The maximum Gasteiger partial charge on any atom is 0.0703 e. The summed E-state index contributed by atoms with van der Waals surface area (Å²) >= 11 is 0. The molecule has 0 aliphatic carbocycles. The first-order chi connectivity index (χ1) is 8.81. The van der Waals surface area contributed by atoms with Gasteiger partial charge in [0, 0.05) is 18.0 Å². The van der Waals surface area contributed by atoms with E-state index in [9.17, 15) is 0 Å². The molecule has 1 aliphatic heterocycles. The molecular weight excluding hydrogens is 224 g/mol. The number of fused-ring (bicyclic) bond motifs is 1. The van der Waals surface area contributed by atoms with E-state index in [4.69, 9.17) is 4.74 Å². The highest BCUT2D eigenvalue weighted by molar-refractivity contribution is 5.81. The maximum absolute atomic E-state index is 5.56. The Morgan fingerprint density at radius 1 is 1.33 bits per heavy atom. The number of benzene rings is 1. The number of aromatic nitrogens is 1. The van der Waals surface area contributed by atoms with E-state index in [-0.39, 0.29) is 0 Å². The van der Waals surface area contributed by atoms with Crippen LogP contribution in [0.2, 0.25) is 0 Å². The monoisotopic (exact) mass is 242 g/mol. The highest BCUT2D eigenvalue weighted by atomic mass is 16.5. The predicted molar refractivity (Wildman–Crippen MR) is 73.8 cm³/mol. The molecule has 18 heavy (non-hydrogen) atoms. The van der Waals surface area contributed by atoms with E-state index < -0.39 is 0 Å². The molecule has 0 saturated carbocycles. The van der Waals surface area contributed by atoms with Crippen LogP contribution in [0.15, 0.2) is 36.5 Å². The molecule has 1 N–H and O–H groups in total. The van der Waals surface area contributed by atoms with Gasteiger partial charge in [0.2, 0.25) is 0 Å². The smallest absolute Gasteiger partial charge is 0.0703 e. The number of nitrogens with one attached hydrogen (secondary N) is 1. The van der Waals surface area contributed by atoms with Gasteiger partial charge in [-0.05, 0) is 31.9 Å². The van der Waals surface area contributed by atoms with Gasteiger partial charge in [0.25, 0.3) is 0 Å². The van der Waals surface area contributed by atoms with Crippen LogP contribution >= 0.6 is 0 Å². The summed E-state index contributed by atoms with van der Waals surface area (Å²) in [4.78, 5) is 4.47. The van der Waals surface area contributed by atoms with E-state index in [1.54, 1.807) is 0 Å². The minimum absolute atomic E-state index is 0.352. The predicted octanol–water partition coefficient (Wildman–Crippen LogP) is 3.21. The van der Waals surface area contributed by atoms with E-state index in [0.29, 0.717) is 12.1 Å². The van der Waals surface area contributed by atoms with E-state index in [1.807, 2.05) is 24.4 Å². The van der Waals surface area contributed by atoms with Crippen molar-refractivity contribution in [1.29, 1.82) is 0 Å². The third-order valence-corrected chi connectivity index (χ3v) is 3.45. The average Bonchev–Trinajstić information content (AvgIpc) is 2.39. The molecule has 1 fully saturated rings. The standard InChI is InChI=1S/C15H18N2O/c1-11-8-13(6-7-18-11)17-14-9-12-4-2-3-5-15(12)16-10-14/h2-5,9-11,13,17H,6-8H2,1H3. The summed E-state index contributed by atoms with van der Waals surface area (Å²) in [5, 5.41) is 4.74. The molecule has 3 heteroatoms. The Bertz CT molecular complexity index is 541. The lowest BCUT2D eigenvalue weighted by Crippen LogP contribution is -2.32. The summed E-state index contributed by atoms with van der Waals surface area (Å²) in [6, 6.07) is 10.9. The molecule has 3 nitrogen and oxygen atoms in total. The van der Waals surface area contributed by atoms with Gasteiger partial charge < -0.3 is 10.1 Å². The van der Waals surface area contributed by atoms with Gasteiger partial charge >= 0.3 is 0 Å². The lowest BCUT2D eigenvalue weighted by molar-refractivity contribution is 0.0232. The Morgan fingerprint density at radius 2 is 2.22 bits per heavy atom. The second-order valence-corrected chi connectivity index (χ2v) is 4.96. The number of anilines is 1. The van der Waals surface area contributed by atoms with Crippen molar-refractivity contribution in [1.82, 2.24) is 4.98 Å². The lowest BCUT2D eigenvalue weighted by Gasteiger charge is -2.28. The number of hydrogen-bond donors (Lipinski definition) is 1. The van der Waals surface area contributed by atoms with Crippen molar-refractivity contribution in [2.24, 2.45) is 0 Å². The number of para-hydroxylation sites is 1. The lowest BCUT2D eigenvalue weighted by atomic mass is 10.0. The highest BCUT2D eigenvalue weighted by Gasteiger charge is 2.18. The Morgan fingerprint density at radius 3 is 3.11 bits per heavy atom. The highest BCUT2D eigenvalue weighted by Crippen LogP contribution is 2.21. The Kier molecular flexibility index (Phi) is 3.15. The zero-order valence-corrected chi connectivity index (χ0v) is 10.6. The van der Waals surface area contributed by atoms with Crippen LogP contribution in [0.4, 0.5) is 5.69 Å². The second kappa shape index (κ2) is 4.94. The third kappa shape index (κ3) is 2.46. The molecule has 0 bridgehead atoms. The summed E-state index contributed by atoms with van der Waals surface area (Å²) in [5.41, 5.74) is 2.15. The summed E-state index contributed by atoms with van der Waals surface area (Å²) in [6.45, 7) is 2.98. The number of rotatable bonds is 2. The zero-order valence-electron chi connectivity index (χ0n) is 10.6. The first kappa shape index (κ1) is 11.5. The molecule has 1 saturated heterocycles. The first-order valence-corrected chi connectivity index (χ1v) is 6.54. The van der Waals surface area contributed by atoms with Crippen molar-refractivity contribution in [3.05, 3.63) is 36.5 Å². The molecule has 0 spiro atoms. The number of pyridine rings is 1. The summed E-state index contributed by atoms with van der Waals surface area (Å²) < 4.78 is 5.56. The van der Waals surface area contributed by atoms with Gasteiger partial charge in [-0.15, -0.1) is 0 Å². The molecule has 1 aromatic carbocycles. The van der Waals surface area contributed by atoms with E-state index in [1.165, 1.54) is 5.39 Å². The summed E-state index contributed by atoms with van der Waals surface area (Å²) in [7, 11) is 0. The topological polar surface area (TPSA) is 34.2 Å². The van der Waals surface area contributed by atoms with Crippen LogP contribution in [0.3, 0.4) is 0 Å². The maximum atomic E-state index is 5.56. The van der Waals surface area contributed by atoms with Crippen LogP contribution in [0.25, 0.3) is 10.9 Å². The average molecular weight is 242 g/mol. The fraction of sp³-hybridized carbons (Fsp3) is 0.400. The molecule has 2 aromatic rings. The number of ether oxygens (including phenoxy) is 1. The fourth-order valence-electron chi connectivity index (χ4n) is 2.51. The number of nitrogens with zero attached hydrogens (tertiary/aromatic N) is 1. The van der Waals surface area contributed by atoms with Crippen molar-refractivity contribution in [3.8, 4) is 0 Å². The summed E-state index contributed by atoms with van der Waals surface area (Å²) in [5.74, 6) is 0.